The summed E-state index contributed by atoms with van der Waals surface area (Å²) in [4.78, 5) is 7.01. The molecule has 2 rings (SSSR count). The van der Waals surface area contributed by atoms with Crippen LogP contribution in [-0.4, -0.2) is 25.6 Å². The highest BCUT2D eigenvalue weighted by atomic mass is 15.1. The van der Waals surface area contributed by atoms with Gasteiger partial charge in [-0.3, -0.25) is 0 Å². The van der Waals surface area contributed by atoms with Gasteiger partial charge in [-0.15, -0.1) is 0 Å². The Kier molecular flexibility index (Phi) is 7.78. The van der Waals surface area contributed by atoms with Gasteiger partial charge in [0.25, 0.3) is 0 Å². The molecule has 1 heterocycles. The van der Waals surface area contributed by atoms with Crippen LogP contribution in [0.4, 0.5) is 5.69 Å². The molecule has 1 aromatic rings. The van der Waals surface area contributed by atoms with Gasteiger partial charge in [0.15, 0.2) is 5.96 Å². The standard InChI is InChI=1S/C19H32N4/c1-2-3-4-8-13-21-19(20)22-16-17-11-6-7-12-18(17)23-14-9-5-10-15-23/h6-7,11-12H,2-5,8-10,13-16H2,1H3,(H3,20,21,22). The topological polar surface area (TPSA) is 53.6 Å². The zero-order valence-electron chi connectivity index (χ0n) is 14.6. The van der Waals surface area contributed by atoms with Crippen LogP contribution in [0.1, 0.15) is 57.4 Å². The fraction of sp³-hybridized carbons (Fsp3) is 0.632. The van der Waals surface area contributed by atoms with Gasteiger partial charge in [-0.25, -0.2) is 4.99 Å². The van der Waals surface area contributed by atoms with E-state index < -0.39 is 0 Å². The second-order valence-electron chi connectivity index (χ2n) is 6.37. The molecule has 0 atom stereocenters. The van der Waals surface area contributed by atoms with E-state index >= 15 is 0 Å². The Bertz CT molecular complexity index is 478. The predicted octanol–water partition coefficient (Wildman–Crippen LogP) is 3.66. The van der Waals surface area contributed by atoms with Crippen molar-refractivity contribution in [3.05, 3.63) is 29.8 Å². The molecule has 128 valence electrons. The summed E-state index contributed by atoms with van der Waals surface area (Å²) in [5.74, 6) is 0.565. The average molecular weight is 316 g/mol. The highest BCUT2D eigenvalue weighted by molar-refractivity contribution is 5.77. The van der Waals surface area contributed by atoms with E-state index in [1.54, 1.807) is 0 Å². The summed E-state index contributed by atoms with van der Waals surface area (Å²) in [5.41, 5.74) is 8.58. The molecule has 1 aromatic carbocycles. The molecule has 0 radical (unpaired) electrons. The zero-order chi connectivity index (χ0) is 16.3. The monoisotopic (exact) mass is 316 g/mol. The summed E-state index contributed by atoms with van der Waals surface area (Å²) in [5, 5.41) is 3.22. The first-order chi connectivity index (χ1) is 11.3. The van der Waals surface area contributed by atoms with Crippen LogP contribution in [0.25, 0.3) is 0 Å². The summed E-state index contributed by atoms with van der Waals surface area (Å²) in [6.07, 6.45) is 8.91. The van der Waals surface area contributed by atoms with E-state index in [4.69, 9.17) is 5.73 Å². The molecule has 0 saturated carbocycles. The maximum absolute atomic E-state index is 5.99. The number of hydrogen-bond donors (Lipinski definition) is 2. The first kappa shape index (κ1) is 17.6. The number of nitrogens with one attached hydrogen (secondary N) is 1. The number of nitrogens with two attached hydrogens (primary N) is 1. The third-order valence-corrected chi connectivity index (χ3v) is 4.44. The SMILES string of the molecule is CCCCCCNC(N)=NCc1ccccc1N1CCCCC1. The molecule has 0 bridgehead atoms. The van der Waals surface area contributed by atoms with Crippen molar-refractivity contribution in [2.45, 2.75) is 58.4 Å². The van der Waals surface area contributed by atoms with Crippen LogP contribution in [0.15, 0.2) is 29.3 Å². The lowest BCUT2D eigenvalue weighted by molar-refractivity contribution is 0.576. The second-order valence-corrected chi connectivity index (χ2v) is 6.37. The smallest absolute Gasteiger partial charge is 0.188 e. The van der Waals surface area contributed by atoms with E-state index in [0.29, 0.717) is 12.5 Å². The van der Waals surface area contributed by atoms with Crippen molar-refractivity contribution in [3.8, 4) is 0 Å². The number of para-hydroxylation sites is 1. The van der Waals surface area contributed by atoms with Crippen molar-refractivity contribution in [3.63, 3.8) is 0 Å². The molecule has 0 spiro atoms. The third-order valence-electron chi connectivity index (χ3n) is 4.44. The van der Waals surface area contributed by atoms with Crippen LogP contribution in [0, 0.1) is 0 Å². The lowest BCUT2D eigenvalue weighted by Gasteiger charge is -2.30. The van der Waals surface area contributed by atoms with Gasteiger partial charge in [-0.2, -0.15) is 0 Å². The zero-order valence-corrected chi connectivity index (χ0v) is 14.6. The number of aliphatic imine (C=N–C) groups is 1. The number of unbranched alkanes of at least 4 members (excludes halogenated alkanes) is 3. The number of piperidine rings is 1. The highest BCUT2D eigenvalue weighted by Crippen LogP contribution is 2.24. The van der Waals surface area contributed by atoms with Gasteiger partial charge < -0.3 is 16.0 Å². The van der Waals surface area contributed by atoms with E-state index in [0.717, 1.165) is 26.1 Å². The number of benzene rings is 1. The predicted molar refractivity (Wildman–Crippen MR) is 100.0 cm³/mol. The number of guanidine groups is 1. The van der Waals surface area contributed by atoms with E-state index in [-0.39, 0.29) is 0 Å². The Morgan fingerprint density at radius 1 is 1.13 bits per heavy atom. The third kappa shape index (κ3) is 6.12. The molecule has 1 aliphatic heterocycles. The largest absolute Gasteiger partial charge is 0.371 e. The molecule has 1 fully saturated rings. The van der Waals surface area contributed by atoms with E-state index in [1.165, 1.54) is 49.8 Å². The van der Waals surface area contributed by atoms with Gasteiger partial charge in [0.1, 0.15) is 0 Å². The first-order valence-electron chi connectivity index (χ1n) is 9.18. The molecule has 23 heavy (non-hydrogen) atoms. The summed E-state index contributed by atoms with van der Waals surface area (Å²) in [6.45, 7) is 6.12. The fourth-order valence-corrected chi connectivity index (χ4v) is 3.08. The quantitative estimate of drug-likeness (QED) is 0.437. The summed E-state index contributed by atoms with van der Waals surface area (Å²) >= 11 is 0. The minimum absolute atomic E-state index is 0.565. The van der Waals surface area contributed by atoms with Crippen LogP contribution in [0.5, 0.6) is 0 Å². The van der Waals surface area contributed by atoms with Crippen molar-refractivity contribution >= 4 is 11.6 Å². The number of anilines is 1. The van der Waals surface area contributed by atoms with Crippen molar-refractivity contribution in [2.24, 2.45) is 10.7 Å². The van der Waals surface area contributed by atoms with E-state index in [2.05, 4.69) is 46.4 Å². The fourth-order valence-electron chi connectivity index (χ4n) is 3.08. The van der Waals surface area contributed by atoms with Crippen LogP contribution in [0.2, 0.25) is 0 Å². The first-order valence-corrected chi connectivity index (χ1v) is 9.18. The number of hydrogen-bond acceptors (Lipinski definition) is 2. The molecule has 4 nitrogen and oxygen atoms in total. The normalized spacial score (nSPS) is 15.7. The minimum atomic E-state index is 0.565. The summed E-state index contributed by atoms with van der Waals surface area (Å²) < 4.78 is 0. The van der Waals surface area contributed by atoms with Gasteiger partial charge in [0.05, 0.1) is 6.54 Å². The molecule has 0 unspecified atom stereocenters. The van der Waals surface area contributed by atoms with Gasteiger partial charge in [0, 0.05) is 25.3 Å². The van der Waals surface area contributed by atoms with Gasteiger partial charge in [0.2, 0.25) is 0 Å². The highest BCUT2D eigenvalue weighted by Gasteiger charge is 2.13. The molecule has 4 heteroatoms. The molecule has 3 N–H and O–H groups in total. The average Bonchev–Trinajstić information content (AvgIpc) is 2.61. The van der Waals surface area contributed by atoms with Crippen molar-refractivity contribution in [1.82, 2.24) is 5.32 Å². The van der Waals surface area contributed by atoms with Crippen molar-refractivity contribution < 1.29 is 0 Å². The summed E-state index contributed by atoms with van der Waals surface area (Å²) in [6, 6.07) is 8.59. The summed E-state index contributed by atoms with van der Waals surface area (Å²) in [7, 11) is 0. The molecule has 0 amide bonds. The van der Waals surface area contributed by atoms with Gasteiger partial charge >= 0.3 is 0 Å². The molecule has 0 aromatic heterocycles. The minimum Gasteiger partial charge on any atom is -0.371 e. The lowest BCUT2D eigenvalue weighted by Crippen LogP contribution is -2.32. The Morgan fingerprint density at radius 2 is 1.91 bits per heavy atom. The van der Waals surface area contributed by atoms with E-state index in [1.807, 2.05) is 0 Å². The molecular formula is C19H32N4. The molecule has 1 saturated heterocycles. The Morgan fingerprint density at radius 3 is 2.70 bits per heavy atom. The van der Waals surface area contributed by atoms with E-state index in [9.17, 15) is 0 Å². The van der Waals surface area contributed by atoms with Crippen LogP contribution in [0.3, 0.4) is 0 Å². The Balaban J connectivity index is 1.85. The molecular weight excluding hydrogens is 284 g/mol. The van der Waals surface area contributed by atoms with Crippen LogP contribution in [-0.2, 0) is 6.54 Å². The lowest BCUT2D eigenvalue weighted by atomic mass is 10.1. The van der Waals surface area contributed by atoms with Crippen LogP contribution < -0.4 is 16.0 Å². The van der Waals surface area contributed by atoms with Gasteiger partial charge in [-0.05, 0) is 37.3 Å². The Hall–Kier alpha value is -1.71. The molecule has 0 aliphatic carbocycles. The number of rotatable bonds is 8. The van der Waals surface area contributed by atoms with Gasteiger partial charge in [-0.1, -0.05) is 44.4 Å². The van der Waals surface area contributed by atoms with Crippen LogP contribution >= 0.6 is 0 Å². The van der Waals surface area contributed by atoms with Crippen molar-refractivity contribution in [1.29, 1.82) is 0 Å². The molecule has 1 aliphatic rings. The maximum Gasteiger partial charge on any atom is 0.188 e. The second kappa shape index (κ2) is 10.1. The number of nitrogens with zero attached hydrogens (tertiary/aromatic N) is 2. The maximum atomic E-state index is 5.99. The van der Waals surface area contributed by atoms with Crippen molar-refractivity contribution in [2.75, 3.05) is 24.5 Å². The Labute approximate surface area is 141 Å².